The van der Waals surface area contributed by atoms with Crippen LogP contribution in [0.2, 0.25) is 0 Å². The molecule has 0 bridgehead atoms. The van der Waals surface area contributed by atoms with Crippen molar-refractivity contribution in [3.8, 4) is 0 Å². The summed E-state index contributed by atoms with van der Waals surface area (Å²) in [6, 6.07) is 6.75. The fraction of sp³-hybridized carbons (Fsp3) is 0.632. The molecular formula is C19H32N4O4S. The maximum absolute atomic E-state index is 12.3. The first-order chi connectivity index (χ1) is 13.4. The first kappa shape index (κ1) is 22.6. The fourth-order valence-electron chi connectivity index (χ4n) is 3.04. The molecule has 0 amide bonds. The Labute approximate surface area is 167 Å². The van der Waals surface area contributed by atoms with Crippen molar-refractivity contribution in [2.24, 2.45) is 10.4 Å². The van der Waals surface area contributed by atoms with Gasteiger partial charge in [0, 0.05) is 38.3 Å². The lowest BCUT2D eigenvalue weighted by Crippen LogP contribution is -2.42. The molecule has 28 heavy (non-hydrogen) atoms. The Bertz CT molecular complexity index is 729. The summed E-state index contributed by atoms with van der Waals surface area (Å²) in [6.45, 7) is 7.20. The van der Waals surface area contributed by atoms with Gasteiger partial charge in [0.1, 0.15) is 0 Å². The molecule has 0 aliphatic carbocycles. The molecule has 9 heteroatoms. The lowest BCUT2D eigenvalue weighted by molar-refractivity contribution is 0.131. The molecule has 1 heterocycles. The van der Waals surface area contributed by atoms with E-state index >= 15 is 0 Å². The van der Waals surface area contributed by atoms with Crippen LogP contribution in [0.3, 0.4) is 0 Å². The molecule has 1 aliphatic heterocycles. The quantitative estimate of drug-likeness (QED) is 0.255. The summed E-state index contributed by atoms with van der Waals surface area (Å²) >= 11 is 0. The lowest BCUT2D eigenvalue weighted by atomic mass is 9.84. The Morgan fingerprint density at radius 3 is 2.61 bits per heavy atom. The zero-order chi connectivity index (χ0) is 20.5. The summed E-state index contributed by atoms with van der Waals surface area (Å²) < 4.78 is 32.7. The van der Waals surface area contributed by atoms with E-state index < -0.39 is 10.0 Å². The molecule has 1 saturated heterocycles. The summed E-state index contributed by atoms with van der Waals surface area (Å²) in [6.07, 6.45) is 1.54. The van der Waals surface area contributed by atoms with Crippen LogP contribution in [-0.4, -0.2) is 65.5 Å². The second kappa shape index (κ2) is 10.8. The molecular weight excluding hydrogens is 380 g/mol. The molecule has 1 aromatic carbocycles. The van der Waals surface area contributed by atoms with Crippen molar-refractivity contribution >= 4 is 16.0 Å². The third kappa shape index (κ3) is 6.73. The van der Waals surface area contributed by atoms with Gasteiger partial charge in [0.05, 0.1) is 18.0 Å². The zero-order valence-electron chi connectivity index (χ0n) is 16.7. The number of sulfonamides is 1. The van der Waals surface area contributed by atoms with Crippen LogP contribution < -0.4 is 15.4 Å². The van der Waals surface area contributed by atoms with E-state index in [0.717, 1.165) is 12.0 Å². The molecule has 2 rings (SSSR count). The van der Waals surface area contributed by atoms with Gasteiger partial charge >= 0.3 is 0 Å². The number of nitrogens with zero attached hydrogens (tertiary/aromatic N) is 1. The largest absolute Gasteiger partial charge is 0.396 e. The van der Waals surface area contributed by atoms with Crippen LogP contribution in [0.4, 0.5) is 0 Å². The highest BCUT2D eigenvalue weighted by Crippen LogP contribution is 2.32. The maximum atomic E-state index is 12.3. The number of aliphatic hydroxyl groups excluding tert-OH is 1. The van der Waals surface area contributed by atoms with Gasteiger partial charge in [-0.25, -0.2) is 13.1 Å². The molecule has 1 fully saturated rings. The highest BCUT2D eigenvalue weighted by molar-refractivity contribution is 7.89. The smallest absolute Gasteiger partial charge is 0.240 e. The molecule has 1 aromatic rings. The first-order valence-corrected chi connectivity index (χ1v) is 11.2. The summed E-state index contributed by atoms with van der Waals surface area (Å²) in [5.41, 5.74) is 0.892. The molecule has 1 aliphatic rings. The van der Waals surface area contributed by atoms with Gasteiger partial charge in [-0.15, -0.1) is 0 Å². The van der Waals surface area contributed by atoms with E-state index in [1.165, 1.54) is 0 Å². The van der Waals surface area contributed by atoms with Crippen LogP contribution in [0.5, 0.6) is 0 Å². The molecule has 4 N–H and O–H groups in total. The number of hydrogen-bond acceptors (Lipinski definition) is 5. The highest BCUT2D eigenvalue weighted by Gasteiger charge is 2.34. The van der Waals surface area contributed by atoms with Crippen molar-refractivity contribution in [1.82, 2.24) is 15.4 Å². The third-order valence-corrected chi connectivity index (χ3v) is 6.26. The molecule has 0 saturated carbocycles. The summed E-state index contributed by atoms with van der Waals surface area (Å²) in [5.74, 6) is 0.626. The van der Waals surface area contributed by atoms with Gasteiger partial charge in [0.2, 0.25) is 10.0 Å². The number of aryl methyl sites for hydroxylation is 1. The van der Waals surface area contributed by atoms with Gasteiger partial charge in [-0.3, -0.25) is 4.99 Å². The van der Waals surface area contributed by atoms with E-state index in [1.807, 2.05) is 13.8 Å². The number of hydrogen-bond donors (Lipinski definition) is 4. The van der Waals surface area contributed by atoms with Gasteiger partial charge in [-0.1, -0.05) is 17.7 Å². The van der Waals surface area contributed by atoms with Gasteiger partial charge < -0.3 is 20.5 Å². The maximum Gasteiger partial charge on any atom is 0.240 e. The number of benzene rings is 1. The van der Waals surface area contributed by atoms with Crippen LogP contribution in [0.25, 0.3) is 0 Å². The Balaban J connectivity index is 1.86. The van der Waals surface area contributed by atoms with Crippen molar-refractivity contribution in [1.29, 1.82) is 0 Å². The van der Waals surface area contributed by atoms with Gasteiger partial charge in [0.25, 0.3) is 0 Å². The average molecular weight is 413 g/mol. The van der Waals surface area contributed by atoms with Crippen LogP contribution in [0, 0.1) is 12.3 Å². The molecule has 8 nitrogen and oxygen atoms in total. The predicted octanol–water partition coefficient (Wildman–Crippen LogP) is 0.618. The number of guanidine groups is 1. The van der Waals surface area contributed by atoms with Gasteiger partial charge in [-0.05, 0) is 38.8 Å². The third-order valence-electron chi connectivity index (χ3n) is 4.78. The second-order valence-electron chi connectivity index (χ2n) is 7.11. The van der Waals surface area contributed by atoms with Crippen molar-refractivity contribution in [3.63, 3.8) is 0 Å². The summed E-state index contributed by atoms with van der Waals surface area (Å²) in [7, 11) is -3.52. The Hall–Kier alpha value is -1.68. The second-order valence-corrected chi connectivity index (χ2v) is 8.88. The monoisotopic (exact) mass is 412 g/mol. The standard InChI is InChI=1S/C19H32N4O4S/c1-3-20-18(22-14-19(8-12-24)9-13-27-15-19)21-10-11-23-28(25,26)17-6-4-16(2)5-7-17/h4-7,23-24H,3,8-15H2,1-2H3,(H2,20,21,22). The van der Waals surface area contributed by atoms with Crippen LogP contribution in [0.15, 0.2) is 34.2 Å². The van der Waals surface area contributed by atoms with Crippen molar-refractivity contribution in [2.75, 3.05) is 46.0 Å². The number of rotatable bonds is 10. The van der Waals surface area contributed by atoms with E-state index in [1.54, 1.807) is 24.3 Å². The van der Waals surface area contributed by atoms with Crippen LogP contribution >= 0.6 is 0 Å². The summed E-state index contributed by atoms with van der Waals surface area (Å²) in [4.78, 5) is 4.87. The fourth-order valence-corrected chi connectivity index (χ4v) is 4.08. The van der Waals surface area contributed by atoms with Gasteiger partial charge in [0.15, 0.2) is 5.96 Å². The Kier molecular flexibility index (Phi) is 8.68. The van der Waals surface area contributed by atoms with E-state index in [-0.39, 0.29) is 23.5 Å². The number of aliphatic imine (C=N–C) groups is 1. The predicted molar refractivity (Wildman–Crippen MR) is 110 cm³/mol. The number of aliphatic hydroxyl groups is 1. The van der Waals surface area contributed by atoms with Crippen LogP contribution in [0.1, 0.15) is 25.3 Å². The van der Waals surface area contributed by atoms with Crippen molar-refractivity contribution < 1.29 is 18.3 Å². The first-order valence-electron chi connectivity index (χ1n) is 9.68. The molecule has 0 radical (unpaired) electrons. The minimum atomic E-state index is -3.52. The Morgan fingerprint density at radius 2 is 2.00 bits per heavy atom. The Morgan fingerprint density at radius 1 is 1.25 bits per heavy atom. The van der Waals surface area contributed by atoms with E-state index in [0.29, 0.717) is 45.2 Å². The molecule has 0 spiro atoms. The van der Waals surface area contributed by atoms with E-state index in [2.05, 4.69) is 20.3 Å². The highest BCUT2D eigenvalue weighted by atomic mass is 32.2. The van der Waals surface area contributed by atoms with Gasteiger partial charge in [-0.2, -0.15) is 0 Å². The van der Waals surface area contributed by atoms with Crippen molar-refractivity contribution in [2.45, 2.75) is 31.6 Å². The normalized spacial score (nSPS) is 20.3. The molecule has 0 aromatic heterocycles. The van der Waals surface area contributed by atoms with Crippen LogP contribution in [-0.2, 0) is 14.8 Å². The minimum Gasteiger partial charge on any atom is -0.396 e. The topological polar surface area (TPSA) is 112 Å². The lowest BCUT2D eigenvalue weighted by Gasteiger charge is -2.24. The molecule has 1 atom stereocenters. The zero-order valence-corrected chi connectivity index (χ0v) is 17.5. The van der Waals surface area contributed by atoms with E-state index in [9.17, 15) is 13.5 Å². The van der Waals surface area contributed by atoms with E-state index in [4.69, 9.17) is 4.74 Å². The average Bonchev–Trinajstić information content (AvgIpc) is 3.12. The SMILES string of the molecule is CCNC(=NCC1(CCO)CCOC1)NCCNS(=O)(=O)c1ccc(C)cc1. The minimum absolute atomic E-state index is 0.115. The summed E-state index contributed by atoms with van der Waals surface area (Å²) in [5, 5.41) is 15.6. The van der Waals surface area contributed by atoms with Crippen molar-refractivity contribution in [3.05, 3.63) is 29.8 Å². The molecule has 158 valence electrons. The number of ether oxygens (including phenoxy) is 1. The number of nitrogens with one attached hydrogen (secondary N) is 3. The molecule has 1 unspecified atom stereocenters.